The van der Waals surface area contributed by atoms with Crippen molar-refractivity contribution in [3.05, 3.63) is 35.6 Å². The van der Waals surface area contributed by atoms with Crippen LogP contribution in [0.4, 0.5) is 4.39 Å². The second kappa shape index (κ2) is 6.63. The van der Waals surface area contributed by atoms with Crippen LogP contribution in [-0.2, 0) is 14.2 Å². The van der Waals surface area contributed by atoms with Crippen LogP contribution in [0.3, 0.4) is 0 Å². The summed E-state index contributed by atoms with van der Waals surface area (Å²) in [5, 5.41) is 0. The van der Waals surface area contributed by atoms with Crippen molar-refractivity contribution in [2.24, 2.45) is 0 Å². The van der Waals surface area contributed by atoms with Crippen LogP contribution < -0.4 is 0 Å². The number of hydrogen-bond donors (Lipinski definition) is 0. The Morgan fingerprint density at radius 2 is 2.00 bits per heavy atom. The maximum absolute atomic E-state index is 13.3. The third-order valence-corrected chi connectivity index (χ3v) is 3.74. The smallest absolute Gasteiger partial charge is 0.159 e. The summed E-state index contributed by atoms with van der Waals surface area (Å²) in [5.41, 5.74) is 0.906. The van der Waals surface area contributed by atoms with E-state index in [0.29, 0.717) is 19.8 Å². The molecule has 0 N–H and O–H groups in total. The molecular formula is C15H20FNO3. The van der Waals surface area contributed by atoms with Crippen LogP contribution in [-0.4, -0.2) is 50.6 Å². The molecule has 0 unspecified atom stereocenters. The second-order valence-corrected chi connectivity index (χ2v) is 5.17. The number of nitrogens with zero attached hydrogens (tertiary/aromatic N) is 1. The number of benzene rings is 1. The summed E-state index contributed by atoms with van der Waals surface area (Å²) in [6, 6.07) is 6.66. The molecule has 2 aliphatic rings. The van der Waals surface area contributed by atoms with Gasteiger partial charge in [-0.25, -0.2) is 4.39 Å². The average Bonchev–Trinajstić information content (AvgIpc) is 2.99. The van der Waals surface area contributed by atoms with Crippen LogP contribution in [0.5, 0.6) is 0 Å². The molecule has 1 aromatic carbocycles. The van der Waals surface area contributed by atoms with E-state index in [2.05, 4.69) is 4.90 Å². The summed E-state index contributed by atoms with van der Waals surface area (Å²) in [4.78, 5) is 2.32. The Labute approximate surface area is 118 Å². The van der Waals surface area contributed by atoms with Gasteiger partial charge in [-0.15, -0.1) is 0 Å². The Morgan fingerprint density at radius 3 is 2.80 bits per heavy atom. The molecule has 2 fully saturated rings. The van der Waals surface area contributed by atoms with E-state index < -0.39 is 0 Å². The molecule has 0 amide bonds. The SMILES string of the molecule is Fc1cccc([C@@H]2CN(CCC3OCCO3)CCO2)c1. The van der Waals surface area contributed by atoms with E-state index in [9.17, 15) is 4.39 Å². The van der Waals surface area contributed by atoms with Gasteiger partial charge in [0, 0.05) is 26.1 Å². The zero-order valence-electron chi connectivity index (χ0n) is 11.5. The highest BCUT2D eigenvalue weighted by atomic mass is 19.1. The normalized spacial score (nSPS) is 25.1. The maximum atomic E-state index is 13.3. The molecule has 0 aliphatic carbocycles. The fraction of sp³-hybridized carbons (Fsp3) is 0.600. The first kappa shape index (κ1) is 13.9. The fourth-order valence-electron chi connectivity index (χ4n) is 2.68. The van der Waals surface area contributed by atoms with E-state index in [1.165, 1.54) is 6.07 Å². The molecule has 1 aromatic rings. The van der Waals surface area contributed by atoms with Crippen molar-refractivity contribution < 1.29 is 18.6 Å². The van der Waals surface area contributed by atoms with Gasteiger partial charge in [0.25, 0.3) is 0 Å². The predicted molar refractivity (Wildman–Crippen MR) is 71.8 cm³/mol. The van der Waals surface area contributed by atoms with E-state index in [1.807, 2.05) is 6.07 Å². The Bertz CT molecular complexity index is 437. The lowest BCUT2D eigenvalue weighted by Gasteiger charge is -2.33. The number of morpholine rings is 1. The van der Waals surface area contributed by atoms with Crippen LogP contribution in [0.25, 0.3) is 0 Å². The Hall–Kier alpha value is -1.01. The molecule has 4 nitrogen and oxygen atoms in total. The second-order valence-electron chi connectivity index (χ2n) is 5.17. The van der Waals surface area contributed by atoms with Gasteiger partial charge in [-0.05, 0) is 17.7 Å². The average molecular weight is 281 g/mol. The van der Waals surface area contributed by atoms with Gasteiger partial charge in [0.2, 0.25) is 0 Å². The maximum Gasteiger partial charge on any atom is 0.159 e. The van der Waals surface area contributed by atoms with Crippen molar-refractivity contribution in [1.82, 2.24) is 4.90 Å². The third-order valence-electron chi connectivity index (χ3n) is 3.74. The van der Waals surface area contributed by atoms with E-state index in [0.717, 1.165) is 31.6 Å². The van der Waals surface area contributed by atoms with E-state index in [4.69, 9.17) is 14.2 Å². The molecule has 0 aromatic heterocycles. The topological polar surface area (TPSA) is 30.9 Å². The highest BCUT2D eigenvalue weighted by molar-refractivity contribution is 5.19. The first-order valence-corrected chi connectivity index (χ1v) is 7.14. The Balaban J connectivity index is 1.53. The quantitative estimate of drug-likeness (QED) is 0.844. The molecule has 3 rings (SSSR count). The lowest BCUT2D eigenvalue weighted by Crippen LogP contribution is -2.39. The standard InChI is InChI=1S/C15H20FNO3/c16-13-3-1-2-12(10-13)14-11-17(6-7-18-14)5-4-15-19-8-9-20-15/h1-3,10,14-15H,4-9,11H2/t14-/m0/s1. The van der Waals surface area contributed by atoms with Gasteiger partial charge in [-0.3, -0.25) is 4.90 Å². The van der Waals surface area contributed by atoms with Gasteiger partial charge in [0.15, 0.2) is 6.29 Å². The molecule has 2 heterocycles. The molecule has 0 spiro atoms. The largest absolute Gasteiger partial charge is 0.371 e. The lowest BCUT2D eigenvalue weighted by atomic mass is 10.1. The molecule has 0 saturated carbocycles. The number of hydrogen-bond acceptors (Lipinski definition) is 4. The number of rotatable bonds is 4. The summed E-state index contributed by atoms with van der Waals surface area (Å²) >= 11 is 0. The van der Waals surface area contributed by atoms with Crippen LogP contribution in [0.1, 0.15) is 18.1 Å². The van der Waals surface area contributed by atoms with Crippen molar-refractivity contribution in [1.29, 1.82) is 0 Å². The molecule has 2 aliphatic heterocycles. The highest BCUT2D eigenvalue weighted by Gasteiger charge is 2.24. The van der Waals surface area contributed by atoms with Crippen molar-refractivity contribution in [2.75, 3.05) is 39.5 Å². The summed E-state index contributed by atoms with van der Waals surface area (Å²) in [7, 11) is 0. The summed E-state index contributed by atoms with van der Waals surface area (Å²) < 4.78 is 29.9. The van der Waals surface area contributed by atoms with Crippen LogP contribution in [0, 0.1) is 5.82 Å². The van der Waals surface area contributed by atoms with Gasteiger partial charge < -0.3 is 14.2 Å². The summed E-state index contributed by atoms with van der Waals surface area (Å²) in [6.07, 6.45) is 0.755. The number of ether oxygens (including phenoxy) is 3. The van der Waals surface area contributed by atoms with Crippen molar-refractivity contribution >= 4 is 0 Å². The van der Waals surface area contributed by atoms with Gasteiger partial charge in [0.1, 0.15) is 5.82 Å². The Kier molecular flexibility index (Phi) is 4.62. The first-order chi connectivity index (χ1) is 9.81. The molecule has 1 atom stereocenters. The van der Waals surface area contributed by atoms with Crippen molar-refractivity contribution in [3.63, 3.8) is 0 Å². The van der Waals surface area contributed by atoms with Gasteiger partial charge >= 0.3 is 0 Å². The number of halogens is 1. The lowest BCUT2D eigenvalue weighted by molar-refractivity contribution is -0.0674. The monoisotopic (exact) mass is 281 g/mol. The van der Waals surface area contributed by atoms with Gasteiger partial charge in [0.05, 0.1) is 25.9 Å². The van der Waals surface area contributed by atoms with Gasteiger partial charge in [-0.2, -0.15) is 0 Å². The van der Waals surface area contributed by atoms with E-state index >= 15 is 0 Å². The zero-order chi connectivity index (χ0) is 13.8. The Morgan fingerprint density at radius 1 is 1.15 bits per heavy atom. The van der Waals surface area contributed by atoms with E-state index in [-0.39, 0.29) is 18.2 Å². The first-order valence-electron chi connectivity index (χ1n) is 7.14. The molecule has 20 heavy (non-hydrogen) atoms. The predicted octanol–water partition coefficient (Wildman–Crippen LogP) is 1.96. The molecule has 0 bridgehead atoms. The highest BCUT2D eigenvalue weighted by Crippen LogP contribution is 2.23. The van der Waals surface area contributed by atoms with E-state index in [1.54, 1.807) is 12.1 Å². The van der Waals surface area contributed by atoms with Crippen LogP contribution in [0.15, 0.2) is 24.3 Å². The summed E-state index contributed by atoms with van der Waals surface area (Å²) in [6.45, 7) is 4.67. The minimum absolute atomic E-state index is 0.0511. The summed E-state index contributed by atoms with van der Waals surface area (Å²) in [5.74, 6) is -0.212. The minimum atomic E-state index is -0.212. The van der Waals surface area contributed by atoms with Crippen LogP contribution >= 0.6 is 0 Å². The molecular weight excluding hydrogens is 261 g/mol. The fourth-order valence-corrected chi connectivity index (χ4v) is 2.68. The molecule has 110 valence electrons. The van der Waals surface area contributed by atoms with Gasteiger partial charge in [-0.1, -0.05) is 12.1 Å². The minimum Gasteiger partial charge on any atom is -0.371 e. The molecule has 0 radical (unpaired) electrons. The third kappa shape index (κ3) is 3.55. The van der Waals surface area contributed by atoms with Crippen molar-refractivity contribution in [3.8, 4) is 0 Å². The van der Waals surface area contributed by atoms with Crippen LogP contribution in [0.2, 0.25) is 0 Å². The molecule has 5 heteroatoms. The zero-order valence-corrected chi connectivity index (χ0v) is 11.5. The van der Waals surface area contributed by atoms with Crippen molar-refractivity contribution in [2.45, 2.75) is 18.8 Å². The molecule has 2 saturated heterocycles.